The third kappa shape index (κ3) is 4.83. The van der Waals surface area contributed by atoms with Gasteiger partial charge in [-0.15, -0.1) is 0 Å². The Morgan fingerprint density at radius 1 is 0.467 bits per heavy atom. The number of benzene rings is 6. The summed E-state index contributed by atoms with van der Waals surface area (Å²) in [4.78, 5) is 10.1. The smallest absolute Gasteiger partial charge is 0.160 e. The van der Waals surface area contributed by atoms with E-state index >= 15 is 0 Å². The molecule has 0 fully saturated rings. The molecule has 0 unspecified atom stereocenters. The van der Waals surface area contributed by atoms with Crippen LogP contribution >= 0.6 is 0 Å². The van der Waals surface area contributed by atoms with Crippen molar-refractivity contribution in [2.75, 3.05) is 0 Å². The fourth-order valence-electron chi connectivity index (χ4n) is 5.96. The molecule has 8 rings (SSSR count). The molecule has 0 N–H and O–H groups in total. The van der Waals surface area contributed by atoms with Crippen molar-refractivity contribution in [3.05, 3.63) is 157 Å². The molecule has 0 aliphatic rings. The Morgan fingerprint density at radius 2 is 1.09 bits per heavy atom. The quantitative estimate of drug-likeness (QED) is 0.205. The van der Waals surface area contributed by atoms with Crippen molar-refractivity contribution in [2.24, 2.45) is 0 Å². The predicted octanol–water partition coefficient (Wildman–Crippen LogP) is 10.6. The molecule has 4 heteroatoms. The van der Waals surface area contributed by atoms with Gasteiger partial charge >= 0.3 is 0 Å². The van der Waals surface area contributed by atoms with Crippen molar-refractivity contribution in [2.45, 2.75) is 0 Å². The third-order valence-corrected chi connectivity index (χ3v) is 8.13. The van der Waals surface area contributed by atoms with Crippen molar-refractivity contribution in [1.82, 2.24) is 9.97 Å². The molecule has 0 atom stereocenters. The maximum atomic E-state index is 9.91. The van der Waals surface area contributed by atoms with Gasteiger partial charge in [-0.2, -0.15) is 5.26 Å². The number of furan rings is 1. The van der Waals surface area contributed by atoms with E-state index in [-0.39, 0.29) is 0 Å². The monoisotopic (exact) mass is 575 g/mol. The lowest BCUT2D eigenvalue weighted by Gasteiger charge is -2.14. The predicted molar refractivity (Wildman–Crippen MR) is 181 cm³/mol. The van der Waals surface area contributed by atoms with Crippen LogP contribution in [0.5, 0.6) is 0 Å². The summed E-state index contributed by atoms with van der Waals surface area (Å²) in [5.74, 6) is 0.599. The first-order chi connectivity index (χ1) is 22.2. The molecule has 8 aromatic rings. The van der Waals surface area contributed by atoms with Gasteiger partial charge in [0.05, 0.1) is 23.0 Å². The first-order valence-corrected chi connectivity index (χ1v) is 14.8. The van der Waals surface area contributed by atoms with Gasteiger partial charge in [0.2, 0.25) is 0 Å². The minimum absolute atomic E-state index is 0.566. The second-order valence-corrected chi connectivity index (χ2v) is 10.9. The Bertz CT molecular complexity index is 2390. The molecule has 0 bridgehead atoms. The number of hydrogen-bond donors (Lipinski definition) is 0. The van der Waals surface area contributed by atoms with Crippen LogP contribution in [0, 0.1) is 11.3 Å². The molecule has 2 aromatic heterocycles. The lowest BCUT2D eigenvalue weighted by atomic mass is 9.93. The van der Waals surface area contributed by atoms with E-state index in [0.29, 0.717) is 17.1 Å². The Labute approximate surface area is 260 Å². The van der Waals surface area contributed by atoms with Crippen LogP contribution in [-0.4, -0.2) is 9.97 Å². The van der Waals surface area contributed by atoms with Crippen molar-refractivity contribution in [3.63, 3.8) is 0 Å². The topological polar surface area (TPSA) is 62.7 Å². The summed E-state index contributed by atoms with van der Waals surface area (Å²) >= 11 is 0. The van der Waals surface area contributed by atoms with E-state index < -0.39 is 0 Å². The minimum Gasteiger partial charge on any atom is -0.455 e. The van der Waals surface area contributed by atoms with E-state index in [0.717, 1.165) is 66.6 Å². The molecule has 0 aliphatic carbocycles. The number of rotatable bonds is 5. The van der Waals surface area contributed by atoms with Crippen LogP contribution in [0.4, 0.5) is 0 Å². The van der Waals surface area contributed by atoms with Gasteiger partial charge in [-0.3, -0.25) is 0 Å². The summed E-state index contributed by atoms with van der Waals surface area (Å²) in [6.45, 7) is 0. The number of fused-ring (bicyclic) bond motifs is 3. The van der Waals surface area contributed by atoms with Crippen LogP contribution in [0.15, 0.2) is 156 Å². The van der Waals surface area contributed by atoms with Crippen molar-refractivity contribution in [1.29, 1.82) is 5.26 Å². The van der Waals surface area contributed by atoms with E-state index in [9.17, 15) is 5.26 Å². The number of nitriles is 1. The van der Waals surface area contributed by atoms with Crippen LogP contribution < -0.4 is 0 Å². The highest BCUT2D eigenvalue weighted by atomic mass is 16.3. The highest BCUT2D eigenvalue weighted by Gasteiger charge is 2.17. The molecular weight excluding hydrogens is 550 g/mol. The second-order valence-electron chi connectivity index (χ2n) is 10.9. The highest BCUT2D eigenvalue weighted by molar-refractivity contribution is 6.09. The first-order valence-electron chi connectivity index (χ1n) is 14.8. The highest BCUT2D eigenvalue weighted by Crippen LogP contribution is 2.39. The van der Waals surface area contributed by atoms with Crippen LogP contribution in [0.2, 0.25) is 0 Å². The molecule has 0 amide bonds. The summed E-state index contributed by atoms with van der Waals surface area (Å²) in [5.41, 5.74) is 10.6. The fraction of sp³-hybridized carbons (Fsp3) is 0. The van der Waals surface area contributed by atoms with E-state index in [2.05, 4.69) is 72.8 Å². The SMILES string of the molecule is N#Cc1ccccc1-c1cc(-c2cc(-c3ccccc3)cc(-c3cccc4c3oc3ccccc34)c2)nc(-c2ccccc2)n1. The van der Waals surface area contributed by atoms with Gasteiger partial charge in [0, 0.05) is 33.0 Å². The van der Waals surface area contributed by atoms with E-state index in [1.807, 2.05) is 84.9 Å². The molecule has 4 nitrogen and oxygen atoms in total. The van der Waals surface area contributed by atoms with E-state index in [1.54, 1.807) is 0 Å². The third-order valence-electron chi connectivity index (χ3n) is 8.13. The van der Waals surface area contributed by atoms with Gasteiger partial charge in [0.25, 0.3) is 0 Å². The Hall–Kier alpha value is -6.31. The van der Waals surface area contributed by atoms with Gasteiger partial charge in [-0.05, 0) is 53.1 Å². The summed E-state index contributed by atoms with van der Waals surface area (Å²) in [5, 5.41) is 12.1. The molecule has 6 aromatic carbocycles. The van der Waals surface area contributed by atoms with Gasteiger partial charge in [0.15, 0.2) is 5.82 Å². The number of aromatic nitrogens is 2. The molecule has 0 radical (unpaired) electrons. The van der Waals surface area contributed by atoms with Crippen molar-refractivity contribution in [3.8, 4) is 62.2 Å². The average molecular weight is 576 g/mol. The number of hydrogen-bond acceptors (Lipinski definition) is 4. The molecule has 0 spiro atoms. The Kier molecular flexibility index (Phi) is 6.48. The van der Waals surface area contributed by atoms with Gasteiger partial charge < -0.3 is 4.42 Å². The van der Waals surface area contributed by atoms with Gasteiger partial charge in [0.1, 0.15) is 11.2 Å². The fourth-order valence-corrected chi connectivity index (χ4v) is 5.96. The maximum absolute atomic E-state index is 9.91. The molecular formula is C41H25N3O. The summed E-state index contributed by atoms with van der Waals surface area (Å²) < 4.78 is 6.45. The van der Waals surface area contributed by atoms with Crippen LogP contribution in [0.1, 0.15) is 5.56 Å². The number of nitrogens with zero attached hydrogens (tertiary/aromatic N) is 3. The van der Waals surface area contributed by atoms with Crippen molar-refractivity contribution >= 4 is 21.9 Å². The summed E-state index contributed by atoms with van der Waals surface area (Å²) in [6, 6.07) is 53.2. The first kappa shape index (κ1) is 26.3. The largest absolute Gasteiger partial charge is 0.455 e. The van der Waals surface area contributed by atoms with Crippen LogP contribution in [-0.2, 0) is 0 Å². The standard InChI is InChI=1S/C41H25N3O/c42-26-29-16-7-8-17-33(29)38-25-37(43-41(44-38)28-14-5-2-6-15-28)32-23-30(27-12-3-1-4-13-27)22-31(24-32)34-19-11-20-36-35-18-9-10-21-39(35)45-40(34)36/h1-25H. The molecule has 210 valence electrons. The lowest BCUT2D eigenvalue weighted by Crippen LogP contribution is -1.97. The Balaban J connectivity index is 1.40. The van der Waals surface area contributed by atoms with E-state index in [1.165, 1.54) is 0 Å². The zero-order valence-corrected chi connectivity index (χ0v) is 24.2. The zero-order chi connectivity index (χ0) is 30.2. The molecule has 45 heavy (non-hydrogen) atoms. The summed E-state index contributed by atoms with van der Waals surface area (Å²) in [7, 11) is 0. The molecule has 0 saturated heterocycles. The second kappa shape index (κ2) is 11.1. The summed E-state index contributed by atoms with van der Waals surface area (Å²) in [6.07, 6.45) is 0. The van der Waals surface area contributed by atoms with Crippen molar-refractivity contribution < 1.29 is 4.42 Å². The number of para-hydroxylation sites is 2. The van der Waals surface area contributed by atoms with Gasteiger partial charge in [-0.25, -0.2) is 9.97 Å². The van der Waals surface area contributed by atoms with Crippen LogP contribution in [0.3, 0.4) is 0 Å². The average Bonchev–Trinajstić information content (AvgIpc) is 3.51. The lowest BCUT2D eigenvalue weighted by molar-refractivity contribution is 0.670. The molecule has 2 heterocycles. The maximum Gasteiger partial charge on any atom is 0.160 e. The van der Waals surface area contributed by atoms with Gasteiger partial charge in [-0.1, -0.05) is 115 Å². The molecule has 0 aliphatic heterocycles. The molecule has 0 saturated carbocycles. The van der Waals surface area contributed by atoms with E-state index in [4.69, 9.17) is 14.4 Å². The zero-order valence-electron chi connectivity index (χ0n) is 24.2. The Morgan fingerprint density at radius 3 is 1.91 bits per heavy atom. The normalized spacial score (nSPS) is 11.1. The minimum atomic E-state index is 0.566. The van der Waals surface area contributed by atoms with Crippen LogP contribution in [0.25, 0.3) is 78.1 Å².